The molecule has 0 aromatic heterocycles. The minimum Gasteiger partial charge on any atom is -0.390 e. The highest BCUT2D eigenvalue weighted by molar-refractivity contribution is 5.62. The van der Waals surface area contributed by atoms with Gasteiger partial charge in [0.1, 0.15) is 0 Å². The van der Waals surface area contributed by atoms with Crippen molar-refractivity contribution >= 4 is 11.4 Å². The highest BCUT2D eigenvalue weighted by Crippen LogP contribution is 2.24. The monoisotopic (exact) mass is 242 g/mol. The van der Waals surface area contributed by atoms with Gasteiger partial charge in [-0.25, -0.2) is 0 Å². The third kappa shape index (κ3) is 3.09. The van der Waals surface area contributed by atoms with Crippen molar-refractivity contribution in [2.45, 2.75) is 6.10 Å². The van der Waals surface area contributed by atoms with Crippen LogP contribution in [0.2, 0.25) is 0 Å². The standard InChI is InChI=1S/C15H18N2O/c16-11-15(18)12-17(13-7-3-1-4-8-13)14-9-5-2-6-10-14/h1-10,15,18H,11-12,16H2/t15-/m1/s1. The van der Waals surface area contributed by atoms with Gasteiger partial charge in [0, 0.05) is 17.9 Å². The molecule has 0 aliphatic rings. The molecule has 2 rings (SSSR count). The van der Waals surface area contributed by atoms with Crippen LogP contribution in [0, 0.1) is 0 Å². The number of para-hydroxylation sites is 2. The quantitative estimate of drug-likeness (QED) is 0.844. The SMILES string of the molecule is NC[C@@H](O)CN(c1ccccc1)c1ccccc1. The molecule has 0 radical (unpaired) electrons. The Morgan fingerprint density at radius 3 is 1.72 bits per heavy atom. The molecule has 2 aromatic rings. The Bertz CT molecular complexity index is 419. The number of aliphatic hydroxyl groups excluding tert-OH is 1. The van der Waals surface area contributed by atoms with Gasteiger partial charge in [0.15, 0.2) is 0 Å². The molecule has 0 aliphatic heterocycles. The molecule has 0 amide bonds. The van der Waals surface area contributed by atoms with Crippen LogP contribution in [0.4, 0.5) is 11.4 Å². The summed E-state index contributed by atoms with van der Waals surface area (Å²) < 4.78 is 0. The lowest BCUT2D eigenvalue weighted by Gasteiger charge is -2.27. The van der Waals surface area contributed by atoms with Crippen LogP contribution in [-0.2, 0) is 0 Å². The van der Waals surface area contributed by atoms with Crippen molar-refractivity contribution in [1.82, 2.24) is 0 Å². The first-order valence-corrected chi connectivity index (χ1v) is 6.07. The fourth-order valence-corrected chi connectivity index (χ4v) is 1.86. The average Bonchev–Trinajstić information content (AvgIpc) is 2.46. The first kappa shape index (κ1) is 12.6. The van der Waals surface area contributed by atoms with Gasteiger partial charge in [-0.1, -0.05) is 36.4 Å². The van der Waals surface area contributed by atoms with Crippen LogP contribution in [-0.4, -0.2) is 24.3 Å². The van der Waals surface area contributed by atoms with Gasteiger partial charge >= 0.3 is 0 Å². The van der Waals surface area contributed by atoms with E-state index in [4.69, 9.17) is 5.73 Å². The van der Waals surface area contributed by atoms with Gasteiger partial charge in [-0.2, -0.15) is 0 Å². The summed E-state index contributed by atoms with van der Waals surface area (Å²) in [4.78, 5) is 2.07. The van der Waals surface area contributed by atoms with Gasteiger partial charge in [-0.15, -0.1) is 0 Å². The van der Waals surface area contributed by atoms with Gasteiger partial charge in [0.25, 0.3) is 0 Å². The number of benzene rings is 2. The molecule has 2 aromatic carbocycles. The highest BCUT2D eigenvalue weighted by atomic mass is 16.3. The summed E-state index contributed by atoms with van der Waals surface area (Å²) in [5, 5.41) is 9.78. The van der Waals surface area contributed by atoms with Crippen molar-refractivity contribution in [3.8, 4) is 0 Å². The predicted molar refractivity (Wildman–Crippen MR) is 75.0 cm³/mol. The largest absolute Gasteiger partial charge is 0.390 e. The molecule has 3 nitrogen and oxygen atoms in total. The molecule has 0 unspecified atom stereocenters. The summed E-state index contributed by atoms with van der Waals surface area (Å²) in [5.74, 6) is 0. The van der Waals surface area contributed by atoms with Crippen molar-refractivity contribution in [3.63, 3.8) is 0 Å². The van der Waals surface area contributed by atoms with Crippen LogP contribution in [0.25, 0.3) is 0 Å². The molecule has 0 saturated heterocycles. The molecule has 1 atom stereocenters. The van der Waals surface area contributed by atoms with Crippen LogP contribution in [0.5, 0.6) is 0 Å². The first-order valence-electron chi connectivity index (χ1n) is 6.07. The Labute approximate surface area is 107 Å². The molecular weight excluding hydrogens is 224 g/mol. The van der Waals surface area contributed by atoms with Crippen LogP contribution in [0.3, 0.4) is 0 Å². The molecule has 94 valence electrons. The third-order valence-electron chi connectivity index (χ3n) is 2.80. The van der Waals surface area contributed by atoms with Gasteiger partial charge in [0.2, 0.25) is 0 Å². The van der Waals surface area contributed by atoms with E-state index < -0.39 is 6.10 Å². The van der Waals surface area contributed by atoms with Crippen molar-refractivity contribution in [3.05, 3.63) is 60.7 Å². The van der Waals surface area contributed by atoms with E-state index in [1.54, 1.807) is 0 Å². The van der Waals surface area contributed by atoms with E-state index in [2.05, 4.69) is 4.90 Å². The zero-order chi connectivity index (χ0) is 12.8. The van der Waals surface area contributed by atoms with Crippen molar-refractivity contribution in [2.75, 3.05) is 18.0 Å². The molecule has 0 bridgehead atoms. The van der Waals surface area contributed by atoms with Gasteiger partial charge in [-0.3, -0.25) is 0 Å². The first-order chi connectivity index (χ1) is 8.81. The van der Waals surface area contributed by atoms with E-state index in [-0.39, 0.29) is 6.54 Å². The molecule has 0 aliphatic carbocycles. The van der Waals surface area contributed by atoms with Crippen molar-refractivity contribution in [2.24, 2.45) is 5.73 Å². The number of nitrogens with two attached hydrogens (primary N) is 1. The Morgan fingerprint density at radius 1 is 0.889 bits per heavy atom. The fourth-order valence-electron chi connectivity index (χ4n) is 1.86. The van der Waals surface area contributed by atoms with Gasteiger partial charge in [-0.05, 0) is 24.3 Å². The normalized spacial score (nSPS) is 12.1. The molecule has 0 spiro atoms. The molecule has 0 fully saturated rings. The number of hydrogen-bond donors (Lipinski definition) is 2. The smallest absolute Gasteiger partial charge is 0.0841 e. The Kier molecular flexibility index (Phi) is 4.34. The predicted octanol–water partition coefficient (Wildman–Crippen LogP) is 2.14. The zero-order valence-electron chi connectivity index (χ0n) is 10.2. The highest BCUT2D eigenvalue weighted by Gasteiger charge is 2.12. The number of hydrogen-bond acceptors (Lipinski definition) is 3. The van der Waals surface area contributed by atoms with E-state index in [0.717, 1.165) is 11.4 Å². The summed E-state index contributed by atoms with van der Waals surface area (Å²) in [6, 6.07) is 20.0. The summed E-state index contributed by atoms with van der Waals surface area (Å²) in [5.41, 5.74) is 7.60. The average molecular weight is 242 g/mol. The maximum absolute atomic E-state index is 9.78. The Hall–Kier alpha value is -1.84. The minimum absolute atomic E-state index is 0.260. The van der Waals surface area contributed by atoms with Crippen LogP contribution < -0.4 is 10.6 Å². The summed E-state index contributed by atoms with van der Waals surface area (Å²) in [6.45, 7) is 0.751. The summed E-state index contributed by atoms with van der Waals surface area (Å²) in [7, 11) is 0. The molecule has 3 heteroatoms. The lowest BCUT2D eigenvalue weighted by Crippen LogP contribution is -2.33. The maximum atomic E-state index is 9.78. The number of anilines is 2. The Morgan fingerprint density at radius 2 is 1.33 bits per heavy atom. The maximum Gasteiger partial charge on any atom is 0.0841 e. The molecule has 0 heterocycles. The van der Waals surface area contributed by atoms with Crippen LogP contribution in [0.1, 0.15) is 0 Å². The number of rotatable bonds is 5. The second-order valence-electron chi connectivity index (χ2n) is 4.17. The van der Waals surface area contributed by atoms with Crippen LogP contribution in [0.15, 0.2) is 60.7 Å². The summed E-state index contributed by atoms with van der Waals surface area (Å²) >= 11 is 0. The summed E-state index contributed by atoms with van der Waals surface area (Å²) in [6.07, 6.45) is -0.537. The topological polar surface area (TPSA) is 49.5 Å². The third-order valence-corrected chi connectivity index (χ3v) is 2.80. The molecule has 18 heavy (non-hydrogen) atoms. The van der Waals surface area contributed by atoms with Gasteiger partial charge < -0.3 is 15.7 Å². The van der Waals surface area contributed by atoms with Gasteiger partial charge in [0.05, 0.1) is 12.6 Å². The lowest BCUT2D eigenvalue weighted by molar-refractivity contribution is 0.191. The van der Waals surface area contributed by atoms with E-state index in [0.29, 0.717) is 6.54 Å². The molecular formula is C15H18N2O. The second-order valence-corrected chi connectivity index (χ2v) is 4.17. The molecule has 3 N–H and O–H groups in total. The lowest BCUT2D eigenvalue weighted by atomic mass is 10.2. The fraction of sp³-hybridized carbons (Fsp3) is 0.200. The van der Waals surface area contributed by atoms with Crippen molar-refractivity contribution < 1.29 is 5.11 Å². The van der Waals surface area contributed by atoms with Crippen molar-refractivity contribution in [1.29, 1.82) is 0 Å². The van der Waals surface area contributed by atoms with E-state index in [1.165, 1.54) is 0 Å². The minimum atomic E-state index is -0.537. The van der Waals surface area contributed by atoms with E-state index in [9.17, 15) is 5.11 Å². The van der Waals surface area contributed by atoms with Crippen LogP contribution >= 0.6 is 0 Å². The molecule has 0 saturated carbocycles. The van der Waals surface area contributed by atoms with E-state index >= 15 is 0 Å². The number of nitrogens with zero attached hydrogens (tertiary/aromatic N) is 1. The second kappa shape index (κ2) is 6.19. The zero-order valence-corrected chi connectivity index (χ0v) is 10.2. The Balaban J connectivity index is 2.29. The van der Waals surface area contributed by atoms with E-state index in [1.807, 2.05) is 60.7 Å². The number of aliphatic hydroxyl groups is 1.